The summed E-state index contributed by atoms with van der Waals surface area (Å²) < 4.78 is 16.3. The van der Waals surface area contributed by atoms with Gasteiger partial charge in [-0.25, -0.2) is 4.79 Å². The number of rotatable bonds is 10. The maximum atomic E-state index is 12.7. The van der Waals surface area contributed by atoms with Crippen LogP contribution in [-0.4, -0.2) is 49.8 Å². The second kappa shape index (κ2) is 11.8. The van der Waals surface area contributed by atoms with Gasteiger partial charge in [-0.3, -0.25) is 14.9 Å². The lowest BCUT2D eigenvalue weighted by atomic mass is 10.1. The van der Waals surface area contributed by atoms with Gasteiger partial charge in [0.25, 0.3) is 0 Å². The van der Waals surface area contributed by atoms with E-state index in [1.54, 1.807) is 59.7 Å². The standard InChI is InChI=1S/C25H41NO6Si/c1-24(2,3)31-21(27)16-20(23(29)32-25(4,5)6)26-17-18-11-10-12-19(15-18)22(28)30-13-14-33(7,8)9/h10-12,15,20,26H,13-14,16-17H2,1-9H3. The van der Waals surface area contributed by atoms with Crippen molar-refractivity contribution in [3.05, 3.63) is 35.4 Å². The van der Waals surface area contributed by atoms with E-state index in [1.165, 1.54) is 0 Å². The monoisotopic (exact) mass is 479 g/mol. The summed E-state index contributed by atoms with van der Waals surface area (Å²) in [5.41, 5.74) is -0.109. The summed E-state index contributed by atoms with van der Waals surface area (Å²) in [5, 5.41) is 3.08. The third-order valence-electron chi connectivity index (χ3n) is 4.28. The first-order valence-corrected chi connectivity index (χ1v) is 15.1. The molecule has 1 aromatic rings. The maximum absolute atomic E-state index is 12.7. The zero-order valence-corrected chi connectivity index (χ0v) is 22.7. The third-order valence-corrected chi connectivity index (χ3v) is 5.99. The molecule has 0 fully saturated rings. The van der Waals surface area contributed by atoms with Crippen molar-refractivity contribution < 1.29 is 28.6 Å². The molecule has 0 aliphatic carbocycles. The number of hydrogen-bond acceptors (Lipinski definition) is 7. The number of carbonyl (C=O) groups is 3. The van der Waals surface area contributed by atoms with Crippen molar-refractivity contribution in [2.75, 3.05) is 6.61 Å². The van der Waals surface area contributed by atoms with Crippen LogP contribution in [0.3, 0.4) is 0 Å². The molecule has 0 amide bonds. The van der Waals surface area contributed by atoms with E-state index < -0.39 is 37.3 Å². The summed E-state index contributed by atoms with van der Waals surface area (Å²) >= 11 is 0. The highest BCUT2D eigenvalue weighted by molar-refractivity contribution is 6.76. The normalized spacial score (nSPS) is 13.2. The van der Waals surface area contributed by atoms with Crippen LogP contribution in [0.4, 0.5) is 0 Å². The Hall–Kier alpha value is -2.19. The van der Waals surface area contributed by atoms with Crippen molar-refractivity contribution in [3.63, 3.8) is 0 Å². The average Bonchev–Trinajstić information content (AvgIpc) is 2.61. The quantitative estimate of drug-likeness (QED) is 0.295. The van der Waals surface area contributed by atoms with Crippen molar-refractivity contribution in [1.82, 2.24) is 5.32 Å². The van der Waals surface area contributed by atoms with Crippen molar-refractivity contribution in [2.24, 2.45) is 0 Å². The zero-order chi connectivity index (χ0) is 25.4. The molecule has 186 valence electrons. The van der Waals surface area contributed by atoms with E-state index in [9.17, 15) is 14.4 Å². The van der Waals surface area contributed by atoms with Gasteiger partial charge in [-0.15, -0.1) is 0 Å². The molecule has 0 saturated heterocycles. The number of hydrogen-bond donors (Lipinski definition) is 1. The van der Waals surface area contributed by atoms with E-state index in [4.69, 9.17) is 14.2 Å². The van der Waals surface area contributed by atoms with Gasteiger partial charge in [0.1, 0.15) is 17.2 Å². The zero-order valence-electron chi connectivity index (χ0n) is 21.7. The number of esters is 3. The molecular formula is C25H41NO6Si. The second-order valence-corrected chi connectivity index (χ2v) is 17.0. The number of benzene rings is 1. The molecular weight excluding hydrogens is 438 g/mol. The van der Waals surface area contributed by atoms with E-state index >= 15 is 0 Å². The summed E-state index contributed by atoms with van der Waals surface area (Å²) in [4.78, 5) is 37.4. The van der Waals surface area contributed by atoms with Gasteiger partial charge in [0, 0.05) is 14.6 Å². The highest BCUT2D eigenvalue weighted by atomic mass is 28.3. The lowest BCUT2D eigenvalue weighted by Crippen LogP contribution is -2.43. The van der Waals surface area contributed by atoms with Crippen LogP contribution in [0, 0.1) is 0 Å². The second-order valence-electron chi connectivity index (χ2n) is 11.4. The average molecular weight is 480 g/mol. The Labute approximate surface area is 199 Å². The van der Waals surface area contributed by atoms with Crippen LogP contribution in [0.15, 0.2) is 24.3 Å². The fourth-order valence-electron chi connectivity index (χ4n) is 2.74. The lowest BCUT2D eigenvalue weighted by Gasteiger charge is -2.26. The Kier molecular flexibility index (Phi) is 10.3. The highest BCUT2D eigenvalue weighted by Gasteiger charge is 2.29. The molecule has 0 aromatic heterocycles. The van der Waals surface area contributed by atoms with Crippen LogP contribution in [-0.2, 0) is 30.3 Å². The molecule has 1 unspecified atom stereocenters. The first-order valence-electron chi connectivity index (χ1n) is 11.4. The van der Waals surface area contributed by atoms with Crippen LogP contribution in [0.5, 0.6) is 0 Å². The Morgan fingerprint density at radius 2 is 1.58 bits per heavy atom. The predicted octanol–water partition coefficient (Wildman–Crippen LogP) is 4.71. The number of ether oxygens (including phenoxy) is 3. The molecule has 7 nitrogen and oxygen atoms in total. The topological polar surface area (TPSA) is 90.9 Å². The molecule has 1 atom stereocenters. The number of carbonyl (C=O) groups excluding carboxylic acids is 3. The maximum Gasteiger partial charge on any atom is 0.338 e. The van der Waals surface area contributed by atoms with Crippen LogP contribution < -0.4 is 5.32 Å². The van der Waals surface area contributed by atoms with Gasteiger partial charge in [-0.1, -0.05) is 31.8 Å². The van der Waals surface area contributed by atoms with Gasteiger partial charge >= 0.3 is 17.9 Å². The first kappa shape index (κ1) is 28.8. The summed E-state index contributed by atoms with van der Waals surface area (Å²) in [6, 6.07) is 7.05. The first-order chi connectivity index (χ1) is 15.0. The van der Waals surface area contributed by atoms with Crippen molar-refractivity contribution in [1.29, 1.82) is 0 Å². The van der Waals surface area contributed by atoms with E-state index in [0.717, 1.165) is 11.6 Å². The molecule has 1 aromatic carbocycles. The molecule has 8 heteroatoms. The van der Waals surface area contributed by atoms with Gasteiger partial charge < -0.3 is 14.2 Å². The Morgan fingerprint density at radius 3 is 2.12 bits per heavy atom. The minimum absolute atomic E-state index is 0.162. The summed E-state index contributed by atoms with van der Waals surface area (Å²) in [7, 11) is -1.29. The fraction of sp³-hybridized carbons (Fsp3) is 0.640. The molecule has 0 aliphatic heterocycles. The summed E-state index contributed by atoms with van der Waals surface area (Å²) in [6.45, 7) is 18.0. The van der Waals surface area contributed by atoms with Gasteiger partial charge in [0.05, 0.1) is 18.6 Å². The molecule has 33 heavy (non-hydrogen) atoms. The molecule has 0 aliphatic rings. The van der Waals surface area contributed by atoms with Gasteiger partial charge in [0.2, 0.25) is 0 Å². The Bertz CT molecular complexity index is 817. The molecule has 0 bridgehead atoms. The Balaban J connectivity index is 2.84. The summed E-state index contributed by atoms with van der Waals surface area (Å²) in [5.74, 6) is -1.39. The number of nitrogens with one attached hydrogen (secondary N) is 1. The fourth-order valence-corrected chi connectivity index (χ4v) is 3.46. The Morgan fingerprint density at radius 1 is 0.970 bits per heavy atom. The molecule has 0 spiro atoms. The molecule has 0 heterocycles. The van der Waals surface area contributed by atoms with Crippen LogP contribution in [0.1, 0.15) is 63.9 Å². The van der Waals surface area contributed by atoms with Crippen molar-refractivity contribution >= 4 is 26.0 Å². The molecule has 1 N–H and O–H groups in total. The van der Waals surface area contributed by atoms with Gasteiger partial charge in [-0.05, 0) is 65.3 Å². The van der Waals surface area contributed by atoms with Crippen LogP contribution in [0.2, 0.25) is 25.7 Å². The molecule has 1 rings (SSSR count). The summed E-state index contributed by atoms with van der Waals surface area (Å²) in [6.07, 6.45) is -0.162. The SMILES string of the molecule is CC(C)(C)OC(=O)CC(NCc1cccc(C(=O)OCC[Si](C)(C)C)c1)C(=O)OC(C)(C)C. The third kappa shape index (κ3) is 13.2. The van der Waals surface area contributed by atoms with E-state index in [-0.39, 0.29) is 18.9 Å². The van der Waals surface area contributed by atoms with Gasteiger partial charge in [0.15, 0.2) is 0 Å². The van der Waals surface area contributed by atoms with Crippen molar-refractivity contribution in [2.45, 2.75) is 97.4 Å². The van der Waals surface area contributed by atoms with Crippen LogP contribution >= 0.6 is 0 Å². The largest absolute Gasteiger partial charge is 0.462 e. The highest BCUT2D eigenvalue weighted by Crippen LogP contribution is 2.15. The van der Waals surface area contributed by atoms with Crippen molar-refractivity contribution in [3.8, 4) is 0 Å². The predicted molar refractivity (Wildman–Crippen MR) is 132 cm³/mol. The van der Waals surface area contributed by atoms with E-state index in [1.807, 2.05) is 6.07 Å². The minimum atomic E-state index is -1.29. The van der Waals surface area contributed by atoms with Crippen LogP contribution in [0.25, 0.3) is 0 Å². The smallest absolute Gasteiger partial charge is 0.338 e. The molecule has 0 saturated carbocycles. The minimum Gasteiger partial charge on any atom is -0.462 e. The van der Waals surface area contributed by atoms with E-state index in [0.29, 0.717) is 12.2 Å². The molecule has 0 radical (unpaired) electrons. The van der Waals surface area contributed by atoms with E-state index in [2.05, 4.69) is 25.0 Å². The van der Waals surface area contributed by atoms with Gasteiger partial charge in [-0.2, -0.15) is 0 Å². The lowest BCUT2D eigenvalue weighted by molar-refractivity contribution is -0.164.